The highest BCUT2D eigenvalue weighted by molar-refractivity contribution is 5.81. The van der Waals surface area contributed by atoms with E-state index >= 15 is 0 Å². The highest BCUT2D eigenvalue weighted by Crippen LogP contribution is 2.27. The van der Waals surface area contributed by atoms with Crippen LogP contribution in [0.25, 0.3) is 11.3 Å². The number of aromatic nitrogens is 1. The zero-order chi connectivity index (χ0) is 16.4. The summed E-state index contributed by atoms with van der Waals surface area (Å²) < 4.78 is 5.26. The van der Waals surface area contributed by atoms with Crippen LogP contribution in [0.3, 0.4) is 0 Å². The molecule has 0 spiro atoms. The quantitative estimate of drug-likeness (QED) is 0.920. The number of carbonyl (C=O) groups excluding carboxylic acids is 1. The molecule has 118 valence electrons. The van der Waals surface area contributed by atoms with E-state index < -0.39 is 0 Å². The third-order valence-corrected chi connectivity index (χ3v) is 3.30. The van der Waals surface area contributed by atoms with Gasteiger partial charge in [0.1, 0.15) is 11.5 Å². The molecule has 0 bridgehead atoms. The summed E-state index contributed by atoms with van der Waals surface area (Å²) in [5.74, 6) is 1.07. The Balaban J connectivity index is 0.000000261. The molecular weight excluding hydrogens is 276 g/mol. The van der Waals surface area contributed by atoms with Crippen molar-refractivity contribution in [2.45, 2.75) is 26.3 Å². The SMILES string of the molecule is CC[C@H](NC)C(C)=O.COc1ccccc1-c1ccccn1. The zero-order valence-corrected chi connectivity index (χ0v) is 13.7. The van der Waals surface area contributed by atoms with Crippen LogP contribution in [0, 0.1) is 0 Å². The molecular formula is C18H24N2O2. The smallest absolute Gasteiger partial charge is 0.146 e. The number of ether oxygens (including phenoxy) is 1. The summed E-state index contributed by atoms with van der Waals surface area (Å²) in [6, 6.07) is 13.8. The predicted molar refractivity (Wildman–Crippen MR) is 90.0 cm³/mol. The number of ketones is 1. The van der Waals surface area contributed by atoms with Crippen molar-refractivity contribution in [1.82, 2.24) is 10.3 Å². The van der Waals surface area contributed by atoms with Crippen LogP contribution in [-0.2, 0) is 4.79 Å². The van der Waals surface area contributed by atoms with Gasteiger partial charge >= 0.3 is 0 Å². The van der Waals surface area contributed by atoms with Gasteiger partial charge in [-0.1, -0.05) is 25.1 Å². The maximum Gasteiger partial charge on any atom is 0.146 e. The van der Waals surface area contributed by atoms with E-state index in [-0.39, 0.29) is 11.8 Å². The summed E-state index contributed by atoms with van der Waals surface area (Å²) in [6.45, 7) is 3.59. The molecule has 22 heavy (non-hydrogen) atoms. The summed E-state index contributed by atoms with van der Waals surface area (Å²) in [6.07, 6.45) is 2.66. The first-order valence-corrected chi connectivity index (χ1v) is 7.36. The van der Waals surface area contributed by atoms with E-state index in [1.54, 1.807) is 27.3 Å². The highest BCUT2D eigenvalue weighted by Gasteiger charge is 2.06. The van der Waals surface area contributed by atoms with E-state index in [0.717, 1.165) is 23.4 Å². The highest BCUT2D eigenvalue weighted by atomic mass is 16.5. The first-order chi connectivity index (χ1) is 10.6. The Hall–Kier alpha value is -2.20. The van der Waals surface area contributed by atoms with Crippen molar-refractivity contribution < 1.29 is 9.53 Å². The molecule has 4 nitrogen and oxygen atoms in total. The van der Waals surface area contributed by atoms with Gasteiger partial charge in [-0.2, -0.15) is 0 Å². The van der Waals surface area contributed by atoms with Crippen molar-refractivity contribution in [2.24, 2.45) is 0 Å². The molecule has 1 atom stereocenters. The predicted octanol–water partition coefficient (Wildman–Crippen LogP) is 3.33. The molecule has 0 radical (unpaired) electrons. The van der Waals surface area contributed by atoms with Crippen molar-refractivity contribution in [3.63, 3.8) is 0 Å². The van der Waals surface area contributed by atoms with Crippen molar-refractivity contribution in [2.75, 3.05) is 14.2 Å². The first kappa shape index (κ1) is 17.9. The number of nitrogens with one attached hydrogen (secondary N) is 1. The van der Waals surface area contributed by atoms with Crippen molar-refractivity contribution in [3.05, 3.63) is 48.7 Å². The Morgan fingerprint density at radius 3 is 2.36 bits per heavy atom. The number of nitrogens with zero attached hydrogens (tertiary/aromatic N) is 1. The maximum atomic E-state index is 10.5. The number of carbonyl (C=O) groups is 1. The topological polar surface area (TPSA) is 51.2 Å². The van der Waals surface area contributed by atoms with Gasteiger partial charge in [-0.05, 0) is 44.7 Å². The minimum absolute atomic E-state index is 0.0648. The molecule has 0 aliphatic carbocycles. The van der Waals surface area contributed by atoms with E-state index in [1.165, 1.54) is 0 Å². The number of Topliss-reactive ketones (excluding diaryl/α,β-unsaturated/α-hetero) is 1. The van der Waals surface area contributed by atoms with Gasteiger partial charge in [0.25, 0.3) is 0 Å². The Morgan fingerprint density at radius 2 is 1.91 bits per heavy atom. The minimum atomic E-state index is 0.0648. The van der Waals surface area contributed by atoms with Crippen LogP contribution >= 0.6 is 0 Å². The Bertz CT molecular complexity index is 566. The van der Waals surface area contributed by atoms with Crippen LogP contribution in [0.1, 0.15) is 20.3 Å². The fourth-order valence-corrected chi connectivity index (χ4v) is 2.07. The number of benzene rings is 1. The number of hydrogen-bond donors (Lipinski definition) is 1. The minimum Gasteiger partial charge on any atom is -0.496 e. The van der Waals surface area contributed by atoms with Crippen LogP contribution in [0.4, 0.5) is 0 Å². The second-order valence-corrected chi connectivity index (χ2v) is 4.78. The van der Waals surface area contributed by atoms with Crippen LogP contribution in [-0.4, -0.2) is 31.0 Å². The lowest BCUT2D eigenvalue weighted by Crippen LogP contribution is -2.31. The number of methoxy groups -OCH3 is 1. The summed E-state index contributed by atoms with van der Waals surface area (Å²) >= 11 is 0. The maximum absolute atomic E-state index is 10.5. The summed E-state index contributed by atoms with van der Waals surface area (Å²) in [5.41, 5.74) is 1.96. The van der Waals surface area contributed by atoms with Gasteiger partial charge in [0, 0.05) is 11.8 Å². The van der Waals surface area contributed by atoms with Crippen LogP contribution in [0.15, 0.2) is 48.7 Å². The van der Waals surface area contributed by atoms with E-state index in [1.807, 2.05) is 49.4 Å². The van der Waals surface area contributed by atoms with E-state index in [4.69, 9.17) is 4.74 Å². The molecule has 1 N–H and O–H groups in total. The molecule has 0 aliphatic rings. The molecule has 0 saturated carbocycles. The number of rotatable bonds is 5. The standard InChI is InChI=1S/C12H11NO.C6H13NO/c1-14-12-8-3-2-6-10(12)11-7-4-5-9-13-11;1-4-6(7-3)5(2)8/h2-9H,1H3;6-7H,4H2,1-3H3/t;6-/m.0/s1. The van der Waals surface area contributed by atoms with Gasteiger partial charge < -0.3 is 10.1 Å². The summed E-state index contributed by atoms with van der Waals surface area (Å²) in [5, 5.41) is 2.90. The Kier molecular flexibility index (Phi) is 7.86. The molecule has 1 aromatic carbocycles. The first-order valence-electron chi connectivity index (χ1n) is 7.36. The molecule has 1 aromatic heterocycles. The molecule has 0 saturated heterocycles. The lowest BCUT2D eigenvalue weighted by atomic mass is 10.1. The molecule has 0 amide bonds. The van der Waals surface area contributed by atoms with E-state index in [2.05, 4.69) is 10.3 Å². The Morgan fingerprint density at radius 1 is 1.23 bits per heavy atom. The van der Waals surface area contributed by atoms with Gasteiger partial charge in [-0.25, -0.2) is 0 Å². The molecule has 1 heterocycles. The fourth-order valence-electron chi connectivity index (χ4n) is 2.07. The number of likely N-dealkylation sites (N-methyl/N-ethyl adjacent to an activating group) is 1. The molecule has 0 unspecified atom stereocenters. The van der Waals surface area contributed by atoms with Crippen molar-refractivity contribution in [1.29, 1.82) is 0 Å². The lowest BCUT2D eigenvalue weighted by Gasteiger charge is -2.07. The summed E-state index contributed by atoms with van der Waals surface area (Å²) in [7, 11) is 3.47. The van der Waals surface area contributed by atoms with E-state index in [9.17, 15) is 4.79 Å². The monoisotopic (exact) mass is 300 g/mol. The van der Waals surface area contributed by atoms with Crippen LogP contribution in [0.5, 0.6) is 5.75 Å². The van der Waals surface area contributed by atoms with Gasteiger partial charge in [0.15, 0.2) is 0 Å². The number of para-hydroxylation sites is 1. The molecule has 0 fully saturated rings. The van der Waals surface area contributed by atoms with E-state index in [0.29, 0.717) is 0 Å². The van der Waals surface area contributed by atoms with Crippen molar-refractivity contribution >= 4 is 5.78 Å². The van der Waals surface area contributed by atoms with Crippen molar-refractivity contribution in [3.8, 4) is 17.0 Å². The second kappa shape index (κ2) is 9.68. The molecule has 0 aliphatic heterocycles. The third kappa shape index (κ3) is 5.30. The number of pyridine rings is 1. The fraction of sp³-hybridized carbons (Fsp3) is 0.333. The normalized spacial score (nSPS) is 11.1. The third-order valence-electron chi connectivity index (χ3n) is 3.30. The zero-order valence-electron chi connectivity index (χ0n) is 13.7. The Labute approximate surface area is 132 Å². The number of hydrogen-bond acceptors (Lipinski definition) is 4. The lowest BCUT2D eigenvalue weighted by molar-refractivity contribution is -0.118. The van der Waals surface area contributed by atoms with Gasteiger partial charge in [-0.15, -0.1) is 0 Å². The molecule has 2 rings (SSSR count). The average Bonchev–Trinajstić information content (AvgIpc) is 2.57. The van der Waals surface area contributed by atoms with Crippen LogP contribution in [0.2, 0.25) is 0 Å². The van der Waals surface area contributed by atoms with Gasteiger partial charge in [-0.3, -0.25) is 9.78 Å². The van der Waals surface area contributed by atoms with Gasteiger partial charge in [0.2, 0.25) is 0 Å². The second-order valence-electron chi connectivity index (χ2n) is 4.78. The average molecular weight is 300 g/mol. The van der Waals surface area contributed by atoms with Gasteiger partial charge in [0.05, 0.1) is 18.8 Å². The molecule has 2 aromatic rings. The summed E-state index contributed by atoms with van der Waals surface area (Å²) in [4.78, 5) is 14.8. The largest absolute Gasteiger partial charge is 0.496 e. The molecule has 4 heteroatoms. The van der Waals surface area contributed by atoms with Crippen LogP contribution < -0.4 is 10.1 Å².